The van der Waals surface area contributed by atoms with E-state index in [1.165, 1.54) is 12.1 Å². The van der Waals surface area contributed by atoms with Gasteiger partial charge in [0.15, 0.2) is 5.82 Å². The van der Waals surface area contributed by atoms with Crippen molar-refractivity contribution in [3.8, 4) is 17.0 Å². The zero-order valence-electron chi connectivity index (χ0n) is 14.6. The molecule has 0 saturated carbocycles. The minimum absolute atomic E-state index is 0.160. The van der Waals surface area contributed by atoms with Crippen LogP contribution in [-0.4, -0.2) is 15.1 Å². The number of pyridine rings is 2. The van der Waals surface area contributed by atoms with Gasteiger partial charge in [-0.2, -0.15) is 0 Å². The van der Waals surface area contributed by atoms with Gasteiger partial charge in [-0.3, -0.25) is 4.98 Å². The first kappa shape index (κ1) is 17.8. The second kappa shape index (κ2) is 7.07. The lowest BCUT2D eigenvalue weighted by molar-refractivity contribution is 0.470. The van der Waals surface area contributed by atoms with E-state index in [-0.39, 0.29) is 28.7 Å². The van der Waals surface area contributed by atoms with E-state index in [0.29, 0.717) is 0 Å². The van der Waals surface area contributed by atoms with Crippen molar-refractivity contribution in [2.45, 2.75) is 26.7 Å². The molecule has 0 atom stereocenters. The fourth-order valence-corrected chi connectivity index (χ4v) is 2.68. The van der Waals surface area contributed by atoms with Gasteiger partial charge >= 0.3 is 0 Å². The summed E-state index contributed by atoms with van der Waals surface area (Å²) < 4.78 is 28.3. The highest BCUT2D eigenvalue weighted by Crippen LogP contribution is 2.34. The number of halogens is 2. The van der Waals surface area contributed by atoms with Crippen LogP contribution in [0, 0.1) is 24.6 Å². The number of hydrogen-bond acceptors (Lipinski definition) is 4. The first-order valence-corrected chi connectivity index (χ1v) is 8.17. The summed E-state index contributed by atoms with van der Waals surface area (Å²) in [5.41, 5.74) is 1.96. The topological polar surface area (TPSA) is 58.0 Å². The number of nitrogens with one attached hydrogen (secondary N) is 1. The highest BCUT2D eigenvalue weighted by atomic mass is 19.1. The van der Waals surface area contributed by atoms with E-state index in [0.717, 1.165) is 29.1 Å². The molecule has 26 heavy (non-hydrogen) atoms. The van der Waals surface area contributed by atoms with Gasteiger partial charge in [-0.25, -0.2) is 13.8 Å². The summed E-state index contributed by atoms with van der Waals surface area (Å²) in [6, 6.07) is 9.38. The second-order valence-corrected chi connectivity index (χ2v) is 6.25. The molecule has 2 aromatic heterocycles. The van der Waals surface area contributed by atoms with E-state index in [9.17, 15) is 13.9 Å². The van der Waals surface area contributed by atoms with Gasteiger partial charge in [0.05, 0.1) is 16.9 Å². The Labute approximate surface area is 150 Å². The minimum Gasteiger partial charge on any atom is -0.507 e. The van der Waals surface area contributed by atoms with Crippen molar-refractivity contribution in [1.29, 1.82) is 0 Å². The Kier molecular flexibility index (Phi) is 4.84. The van der Waals surface area contributed by atoms with E-state index in [1.54, 1.807) is 6.20 Å². The molecule has 0 spiro atoms. The highest BCUT2D eigenvalue weighted by molar-refractivity contribution is 5.71. The molecule has 0 fully saturated rings. The molecule has 2 N–H and O–H groups in total. The number of aryl methyl sites for hydroxylation is 1. The van der Waals surface area contributed by atoms with Crippen LogP contribution in [0.5, 0.6) is 5.75 Å². The molecule has 0 amide bonds. The molecule has 133 valence electrons. The molecule has 2 heterocycles. The number of nitrogens with zero attached hydrogens (tertiary/aromatic N) is 2. The van der Waals surface area contributed by atoms with Gasteiger partial charge in [0.25, 0.3) is 0 Å². The monoisotopic (exact) mass is 354 g/mol. The Morgan fingerprint density at radius 3 is 2.62 bits per heavy atom. The number of hydrogen-bond donors (Lipinski definition) is 2. The third kappa shape index (κ3) is 3.35. The number of anilines is 2. The summed E-state index contributed by atoms with van der Waals surface area (Å²) in [5, 5.41) is 13.0. The molecule has 4 nitrogen and oxygen atoms in total. The van der Waals surface area contributed by atoms with E-state index in [1.807, 2.05) is 26.8 Å². The molecule has 0 unspecified atom stereocenters. The maximum atomic E-state index is 14.2. The first-order valence-electron chi connectivity index (χ1n) is 8.17. The van der Waals surface area contributed by atoms with Crippen LogP contribution in [0.4, 0.5) is 20.3 Å². The maximum Gasteiger partial charge on any atom is 0.150 e. The molecule has 0 saturated heterocycles. The summed E-state index contributed by atoms with van der Waals surface area (Å²) >= 11 is 0. The number of rotatable bonds is 4. The lowest BCUT2D eigenvalue weighted by Gasteiger charge is -2.16. The molecule has 0 aliphatic carbocycles. The molecule has 0 bridgehead atoms. The second-order valence-electron chi connectivity index (χ2n) is 6.25. The zero-order valence-corrected chi connectivity index (χ0v) is 14.6. The smallest absolute Gasteiger partial charge is 0.150 e. The van der Waals surface area contributed by atoms with Crippen LogP contribution in [0.2, 0.25) is 0 Å². The highest BCUT2D eigenvalue weighted by Gasteiger charge is 2.18. The lowest BCUT2D eigenvalue weighted by Crippen LogP contribution is -2.05. The van der Waals surface area contributed by atoms with Crippen LogP contribution in [0.3, 0.4) is 0 Å². The van der Waals surface area contributed by atoms with E-state index < -0.39 is 11.6 Å². The molecule has 3 rings (SSSR count). The molecule has 6 heteroatoms. The van der Waals surface area contributed by atoms with Crippen LogP contribution in [-0.2, 0) is 0 Å². The summed E-state index contributed by atoms with van der Waals surface area (Å²) in [6.45, 7) is 5.94. The summed E-state index contributed by atoms with van der Waals surface area (Å²) in [7, 11) is 0. The van der Waals surface area contributed by atoms with Crippen LogP contribution >= 0.6 is 0 Å². The average Bonchev–Trinajstić information content (AvgIpc) is 2.59. The largest absolute Gasteiger partial charge is 0.507 e. The van der Waals surface area contributed by atoms with Crippen molar-refractivity contribution in [3.05, 3.63) is 65.5 Å². The van der Waals surface area contributed by atoms with Crippen LogP contribution < -0.4 is 5.32 Å². The van der Waals surface area contributed by atoms with Gasteiger partial charge in [-0.05, 0) is 42.7 Å². The maximum absolute atomic E-state index is 14.2. The fraction of sp³-hybridized carbons (Fsp3) is 0.200. The van der Waals surface area contributed by atoms with Crippen molar-refractivity contribution in [2.75, 3.05) is 5.32 Å². The predicted molar refractivity (Wildman–Crippen MR) is 96.4 cm³/mol. The van der Waals surface area contributed by atoms with Crippen molar-refractivity contribution in [3.63, 3.8) is 0 Å². The van der Waals surface area contributed by atoms with Crippen LogP contribution in [0.25, 0.3) is 11.3 Å². The van der Waals surface area contributed by atoms with Crippen molar-refractivity contribution < 1.29 is 13.9 Å². The SMILES string of the molecule is Cc1ccnc(C(C)C)c1Nc1[c]cc(F)c(-c2c(O)cccc2F)n1. The number of benzene rings is 1. The summed E-state index contributed by atoms with van der Waals surface area (Å²) in [5.74, 6) is -1.54. The Balaban J connectivity index is 2.08. The first-order chi connectivity index (χ1) is 12.4. The van der Waals surface area contributed by atoms with Crippen molar-refractivity contribution in [1.82, 2.24) is 9.97 Å². The molecular formula is C20H18F2N3O. The van der Waals surface area contributed by atoms with Gasteiger partial charge < -0.3 is 10.4 Å². The van der Waals surface area contributed by atoms with Gasteiger partial charge in [0.1, 0.15) is 23.1 Å². The third-order valence-corrected chi connectivity index (χ3v) is 3.99. The lowest BCUT2D eigenvalue weighted by atomic mass is 10.0. The molecular weight excluding hydrogens is 336 g/mol. The molecule has 1 aromatic carbocycles. The Morgan fingerprint density at radius 2 is 1.92 bits per heavy atom. The quantitative estimate of drug-likeness (QED) is 0.684. The van der Waals surface area contributed by atoms with Crippen molar-refractivity contribution in [2.24, 2.45) is 0 Å². The minimum atomic E-state index is -0.775. The average molecular weight is 354 g/mol. The number of phenolic OH excluding ortho intramolecular Hbond substituents is 1. The fourth-order valence-electron chi connectivity index (χ4n) is 2.68. The van der Waals surface area contributed by atoms with E-state index in [4.69, 9.17) is 0 Å². The number of aromatic nitrogens is 2. The van der Waals surface area contributed by atoms with E-state index in [2.05, 4.69) is 21.4 Å². The van der Waals surface area contributed by atoms with Gasteiger partial charge in [0, 0.05) is 12.3 Å². The normalized spacial score (nSPS) is 11.0. The van der Waals surface area contributed by atoms with E-state index >= 15 is 0 Å². The number of aromatic hydroxyl groups is 1. The van der Waals surface area contributed by atoms with Crippen LogP contribution in [0.1, 0.15) is 31.0 Å². The molecule has 0 aliphatic heterocycles. The zero-order chi connectivity index (χ0) is 18.8. The Hall–Kier alpha value is -3.02. The summed E-state index contributed by atoms with van der Waals surface area (Å²) in [4.78, 5) is 8.51. The van der Waals surface area contributed by atoms with Gasteiger partial charge in [0.2, 0.25) is 0 Å². The predicted octanol–water partition coefficient (Wildman–Crippen LogP) is 5.10. The van der Waals surface area contributed by atoms with Crippen LogP contribution in [0.15, 0.2) is 36.5 Å². The molecule has 1 radical (unpaired) electrons. The Bertz CT molecular complexity index is 938. The Morgan fingerprint density at radius 1 is 1.15 bits per heavy atom. The van der Waals surface area contributed by atoms with Crippen molar-refractivity contribution >= 4 is 11.5 Å². The summed E-state index contributed by atoms with van der Waals surface area (Å²) in [6.07, 6.45) is 1.72. The molecule has 0 aliphatic rings. The third-order valence-electron chi connectivity index (χ3n) is 3.99. The standard InChI is InChI=1S/C20H18F2N3O/c1-11(2)18-19(12(3)9-10-23-18)24-16-8-7-14(22)20(25-16)17-13(21)5-4-6-15(17)26/h4-7,9-11,26H,1-3H3,(H,24,25). The van der Waals surface area contributed by atoms with Gasteiger partial charge in [-0.1, -0.05) is 19.9 Å². The molecule has 3 aromatic rings. The van der Waals surface area contributed by atoms with Gasteiger partial charge in [-0.15, -0.1) is 0 Å². The number of phenols is 1.